The van der Waals surface area contributed by atoms with Gasteiger partial charge in [-0.2, -0.15) is 0 Å². The smallest absolute Gasteiger partial charge is 0.307 e. The third-order valence-electron chi connectivity index (χ3n) is 4.98. The minimum Gasteiger partial charge on any atom is -0.481 e. The monoisotopic (exact) mass is 353 g/mol. The summed E-state index contributed by atoms with van der Waals surface area (Å²) in [6.07, 6.45) is 1.18. The van der Waals surface area contributed by atoms with Gasteiger partial charge in [-0.15, -0.1) is 0 Å². The number of hydrogen-bond donors (Lipinski definition) is 2. The van der Waals surface area contributed by atoms with Gasteiger partial charge in [-0.1, -0.05) is 36.4 Å². The molecule has 2 aromatic carbocycles. The summed E-state index contributed by atoms with van der Waals surface area (Å²) in [6, 6.07) is 15.0. The Balaban J connectivity index is 1.90. The van der Waals surface area contributed by atoms with E-state index in [4.69, 9.17) is 9.84 Å². The van der Waals surface area contributed by atoms with Crippen LogP contribution < -0.4 is 5.32 Å². The lowest BCUT2D eigenvalue weighted by Gasteiger charge is -2.37. The molecule has 5 heteroatoms. The van der Waals surface area contributed by atoms with Crippen LogP contribution in [0.5, 0.6) is 0 Å². The number of benzene rings is 2. The summed E-state index contributed by atoms with van der Waals surface area (Å²) < 4.78 is 5.50. The van der Waals surface area contributed by atoms with Gasteiger partial charge in [-0.3, -0.25) is 9.59 Å². The summed E-state index contributed by atoms with van der Waals surface area (Å²) in [4.78, 5) is 24.2. The van der Waals surface area contributed by atoms with Crippen molar-refractivity contribution in [2.45, 2.75) is 31.6 Å². The highest BCUT2D eigenvalue weighted by Gasteiger charge is 2.42. The number of aliphatic carboxylic acids is 1. The summed E-state index contributed by atoms with van der Waals surface area (Å²) >= 11 is 0. The normalized spacial score (nSPS) is 16.0. The lowest BCUT2D eigenvalue weighted by Crippen LogP contribution is -2.45. The van der Waals surface area contributed by atoms with Crippen LogP contribution in [0.1, 0.15) is 29.5 Å². The van der Waals surface area contributed by atoms with E-state index in [9.17, 15) is 9.59 Å². The van der Waals surface area contributed by atoms with Crippen LogP contribution in [0, 0.1) is 6.92 Å². The van der Waals surface area contributed by atoms with Crippen molar-refractivity contribution in [2.75, 3.05) is 18.5 Å². The molecule has 26 heavy (non-hydrogen) atoms. The molecule has 1 amide bonds. The highest BCUT2D eigenvalue weighted by molar-refractivity contribution is 5.99. The molecule has 1 heterocycles. The summed E-state index contributed by atoms with van der Waals surface area (Å²) in [6.45, 7) is 3.11. The van der Waals surface area contributed by atoms with Gasteiger partial charge in [-0.25, -0.2) is 0 Å². The third kappa shape index (κ3) is 3.78. The van der Waals surface area contributed by atoms with E-state index in [-0.39, 0.29) is 12.3 Å². The Kier molecular flexibility index (Phi) is 5.38. The molecule has 1 fully saturated rings. The van der Waals surface area contributed by atoms with E-state index in [0.717, 1.165) is 11.1 Å². The fraction of sp³-hybridized carbons (Fsp3) is 0.333. The average molecular weight is 353 g/mol. The lowest BCUT2D eigenvalue weighted by atomic mass is 9.71. The van der Waals surface area contributed by atoms with Crippen LogP contribution in [0.15, 0.2) is 48.5 Å². The van der Waals surface area contributed by atoms with Gasteiger partial charge in [0.1, 0.15) is 0 Å². The van der Waals surface area contributed by atoms with Crippen molar-refractivity contribution in [2.24, 2.45) is 0 Å². The molecule has 1 aliphatic rings. The second kappa shape index (κ2) is 7.70. The lowest BCUT2D eigenvalue weighted by molar-refractivity contribution is -0.136. The summed E-state index contributed by atoms with van der Waals surface area (Å²) in [5.74, 6) is -0.961. The number of nitrogens with one attached hydrogen (secondary N) is 1. The Morgan fingerprint density at radius 2 is 1.85 bits per heavy atom. The van der Waals surface area contributed by atoms with Crippen molar-refractivity contribution in [1.82, 2.24) is 0 Å². The highest BCUT2D eigenvalue weighted by atomic mass is 16.5. The first-order chi connectivity index (χ1) is 12.5. The maximum Gasteiger partial charge on any atom is 0.307 e. The Morgan fingerprint density at radius 3 is 2.54 bits per heavy atom. The van der Waals surface area contributed by atoms with Gasteiger partial charge in [0.05, 0.1) is 11.8 Å². The Bertz CT molecular complexity index is 809. The molecule has 1 saturated heterocycles. The van der Waals surface area contributed by atoms with Crippen LogP contribution in [0.4, 0.5) is 5.69 Å². The number of carbonyl (C=O) groups is 2. The number of anilines is 1. The van der Waals surface area contributed by atoms with E-state index < -0.39 is 11.4 Å². The van der Waals surface area contributed by atoms with Crippen LogP contribution >= 0.6 is 0 Å². The molecule has 0 saturated carbocycles. The maximum atomic E-state index is 13.3. The molecule has 0 unspecified atom stereocenters. The Morgan fingerprint density at radius 1 is 1.12 bits per heavy atom. The van der Waals surface area contributed by atoms with Crippen molar-refractivity contribution < 1.29 is 19.4 Å². The summed E-state index contributed by atoms with van der Waals surface area (Å²) in [7, 11) is 0. The Hall–Kier alpha value is -2.66. The predicted octanol–water partition coefficient (Wildman–Crippen LogP) is 3.31. The zero-order chi connectivity index (χ0) is 18.6. The third-order valence-corrected chi connectivity index (χ3v) is 4.98. The van der Waals surface area contributed by atoms with Crippen molar-refractivity contribution >= 4 is 17.6 Å². The standard InChI is InChI=1S/C21H23NO4/c1-15-5-2-3-8-18(15)21(9-11-26-12-10-21)20(25)22-17-7-4-6-16(13-17)14-19(23)24/h2-8,13H,9-12,14H2,1H3,(H,22,25)(H,23,24). The fourth-order valence-corrected chi connectivity index (χ4v) is 3.63. The van der Waals surface area contributed by atoms with Gasteiger partial charge >= 0.3 is 5.97 Å². The molecule has 1 aliphatic heterocycles. The zero-order valence-corrected chi connectivity index (χ0v) is 14.8. The Labute approximate surface area is 153 Å². The first-order valence-corrected chi connectivity index (χ1v) is 8.77. The van der Waals surface area contributed by atoms with Gasteiger partial charge in [-0.05, 0) is 48.6 Å². The molecule has 2 N–H and O–H groups in total. The molecule has 136 valence electrons. The molecule has 2 aromatic rings. The molecule has 0 spiro atoms. The minimum absolute atomic E-state index is 0.0671. The van der Waals surface area contributed by atoms with E-state index in [1.165, 1.54) is 0 Å². The molecule has 0 aliphatic carbocycles. The first kappa shape index (κ1) is 18.1. The molecule has 0 bridgehead atoms. The van der Waals surface area contributed by atoms with Crippen molar-refractivity contribution in [3.8, 4) is 0 Å². The number of aryl methyl sites for hydroxylation is 1. The number of carbonyl (C=O) groups excluding carboxylic acids is 1. The van der Waals surface area contributed by atoms with Crippen LogP contribution in [0.3, 0.4) is 0 Å². The summed E-state index contributed by atoms with van der Waals surface area (Å²) in [5, 5.41) is 12.0. The first-order valence-electron chi connectivity index (χ1n) is 8.77. The molecule has 0 aromatic heterocycles. The average Bonchev–Trinajstić information content (AvgIpc) is 2.62. The van der Waals surface area contributed by atoms with Gasteiger partial charge in [0.2, 0.25) is 5.91 Å². The van der Waals surface area contributed by atoms with E-state index >= 15 is 0 Å². The van der Waals surface area contributed by atoms with Crippen molar-refractivity contribution in [1.29, 1.82) is 0 Å². The second-order valence-electron chi connectivity index (χ2n) is 6.73. The number of carboxylic acids is 1. The zero-order valence-electron chi connectivity index (χ0n) is 14.8. The minimum atomic E-state index is -0.894. The number of carboxylic acid groups (broad SMARTS) is 1. The van der Waals surface area contributed by atoms with E-state index in [1.807, 2.05) is 31.2 Å². The van der Waals surface area contributed by atoms with Gasteiger partial charge in [0.25, 0.3) is 0 Å². The molecule has 5 nitrogen and oxygen atoms in total. The fourth-order valence-electron chi connectivity index (χ4n) is 3.63. The van der Waals surface area contributed by atoms with Crippen LogP contribution in [-0.4, -0.2) is 30.2 Å². The number of rotatable bonds is 5. The molecular weight excluding hydrogens is 330 g/mol. The van der Waals surface area contributed by atoms with Crippen molar-refractivity contribution in [3.63, 3.8) is 0 Å². The van der Waals surface area contributed by atoms with Crippen LogP contribution in [0.2, 0.25) is 0 Å². The maximum absolute atomic E-state index is 13.3. The molecule has 3 rings (SSSR count). The molecular formula is C21H23NO4. The van der Waals surface area contributed by atoms with E-state index in [0.29, 0.717) is 37.3 Å². The molecule has 0 atom stereocenters. The SMILES string of the molecule is Cc1ccccc1C1(C(=O)Nc2cccc(CC(=O)O)c2)CCOCC1. The number of hydrogen-bond acceptors (Lipinski definition) is 3. The van der Waals surface area contributed by atoms with E-state index in [2.05, 4.69) is 5.32 Å². The van der Waals surface area contributed by atoms with Crippen molar-refractivity contribution in [3.05, 3.63) is 65.2 Å². The van der Waals surface area contributed by atoms with Gasteiger partial charge in [0, 0.05) is 18.9 Å². The quantitative estimate of drug-likeness (QED) is 0.865. The van der Waals surface area contributed by atoms with Gasteiger partial charge < -0.3 is 15.2 Å². The second-order valence-corrected chi connectivity index (χ2v) is 6.73. The number of ether oxygens (including phenoxy) is 1. The van der Waals surface area contributed by atoms with E-state index in [1.54, 1.807) is 24.3 Å². The topological polar surface area (TPSA) is 75.6 Å². The molecule has 0 radical (unpaired) electrons. The van der Waals surface area contributed by atoms with Gasteiger partial charge in [0.15, 0.2) is 0 Å². The van der Waals surface area contributed by atoms with Crippen LogP contribution in [-0.2, 0) is 26.2 Å². The van der Waals surface area contributed by atoms with Crippen LogP contribution in [0.25, 0.3) is 0 Å². The highest BCUT2D eigenvalue weighted by Crippen LogP contribution is 2.37. The largest absolute Gasteiger partial charge is 0.481 e. The predicted molar refractivity (Wildman–Crippen MR) is 99.3 cm³/mol. The number of amides is 1. The summed E-state index contributed by atoms with van der Waals surface area (Å²) in [5.41, 5.74) is 2.76.